The van der Waals surface area contributed by atoms with Crippen molar-refractivity contribution < 1.29 is 0 Å². The predicted octanol–water partition coefficient (Wildman–Crippen LogP) is 4.69. The molecular formula is C19H40N2. The quantitative estimate of drug-likeness (QED) is 0.556. The maximum Gasteiger partial charge on any atom is 0.0246 e. The Balaban J connectivity index is 2.47. The van der Waals surface area contributed by atoms with Crippen molar-refractivity contribution in [2.75, 3.05) is 19.6 Å². The highest BCUT2D eigenvalue weighted by molar-refractivity contribution is 4.87. The van der Waals surface area contributed by atoms with E-state index in [4.69, 9.17) is 0 Å². The molecule has 0 spiro atoms. The van der Waals surface area contributed by atoms with Crippen LogP contribution in [-0.4, -0.2) is 36.6 Å². The zero-order valence-corrected chi connectivity index (χ0v) is 15.3. The van der Waals surface area contributed by atoms with Gasteiger partial charge in [0.1, 0.15) is 0 Å². The van der Waals surface area contributed by atoms with Crippen LogP contribution in [0.5, 0.6) is 0 Å². The highest BCUT2D eigenvalue weighted by atomic mass is 15.2. The molecule has 0 bridgehead atoms. The predicted molar refractivity (Wildman–Crippen MR) is 94.8 cm³/mol. The molecule has 0 amide bonds. The van der Waals surface area contributed by atoms with E-state index in [1.807, 2.05) is 0 Å². The second kappa shape index (κ2) is 10.6. The van der Waals surface area contributed by atoms with E-state index in [1.54, 1.807) is 0 Å². The molecule has 21 heavy (non-hydrogen) atoms. The van der Waals surface area contributed by atoms with Crippen LogP contribution in [-0.2, 0) is 0 Å². The molecule has 0 aliphatic carbocycles. The van der Waals surface area contributed by atoms with E-state index in [9.17, 15) is 0 Å². The van der Waals surface area contributed by atoms with Crippen LogP contribution in [0.1, 0.15) is 79.6 Å². The van der Waals surface area contributed by atoms with E-state index in [-0.39, 0.29) is 0 Å². The zero-order valence-electron chi connectivity index (χ0n) is 15.3. The third-order valence-electron chi connectivity index (χ3n) is 4.92. The maximum absolute atomic E-state index is 3.74. The third-order valence-corrected chi connectivity index (χ3v) is 4.92. The Morgan fingerprint density at radius 2 is 1.71 bits per heavy atom. The molecule has 0 radical (unpaired) electrons. The average molecular weight is 297 g/mol. The lowest BCUT2D eigenvalue weighted by Gasteiger charge is -2.36. The average Bonchev–Trinajstić information content (AvgIpc) is 2.94. The first kappa shape index (κ1) is 19.0. The van der Waals surface area contributed by atoms with Gasteiger partial charge in [0.25, 0.3) is 0 Å². The van der Waals surface area contributed by atoms with Crippen molar-refractivity contribution in [2.24, 2.45) is 11.8 Å². The third kappa shape index (κ3) is 7.65. The van der Waals surface area contributed by atoms with Gasteiger partial charge < -0.3 is 5.32 Å². The molecule has 1 heterocycles. The summed E-state index contributed by atoms with van der Waals surface area (Å²) in [4.78, 5) is 2.81. The van der Waals surface area contributed by atoms with E-state index >= 15 is 0 Å². The standard InChI is InChI=1S/C19H40N2/c1-6-19(18-11-9-13-20-18)21(15-12-17(4)5)14-8-7-10-16(2)3/h16-20H,6-15H2,1-5H3. The molecular weight excluding hydrogens is 256 g/mol. The first-order valence-electron chi connectivity index (χ1n) is 9.52. The highest BCUT2D eigenvalue weighted by Crippen LogP contribution is 2.20. The minimum Gasteiger partial charge on any atom is -0.312 e. The van der Waals surface area contributed by atoms with Gasteiger partial charge in [-0.1, -0.05) is 47.5 Å². The van der Waals surface area contributed by atoms with Gasteiger partial charge in [-0.25, -0.2) is 0 Å². The summed E-state index contributed by atoms with van der Waals surface area (Å²) in [7, 11) is 0. The number of nitrogens with zero attached hydrogens (tertiary/aromatic N) is 1. The maximum atomic E-state index is 3.74. The van der Waals surface area contributed by atoms with Crippen LogP contribution in [0.25, 0.3) is 0 Å². The van der Waals surface area contributed by atoms with Gasteiger partial charge in [-0.15, -0.1) is 0 Å². The number of hydrogen-bond donors (Lipinski definition) is 1. The van der Waals surface area contributed by atoms with E-state index in [0.29, 0.717) is 0 Å². The SMILES string of the molecule is CCC(C1CCCN1)N(CCCCC(C)C)CCC(C)C. The van der Waals surface area contributed by atoms with Gasteiger partial charge in [0.15, 0.2) is 0 Å². The zero-order chi connectivity index (χ0) is 15.7. The van der Waals surface area contributed by atoms with Crippen molar-refractivity contribution in [1.82, 2.24) is 10.2 Å². The summed E-state index contributed by atoms with van der Waals surface area (Å²) in [6.07, 6.45) is 9.53. The number of rotatable bonds is 11. The van der Waals surface area contributed by atoms with Crippen molar-refractivity contribution >= 4 is 0 Å². The second-order valence-corrected chi connectivity index (χ2v) is 7.79. The molecule has 2 heteroatoms. The van der Waals surface area contributed by atoms with Crippen LogP contribution < -0.4 is 5.32 Å². The Morgan fingerprint density at radius 3 is 2.24 bits per heavy atom. The van der Waals surface area contributed by atoms with Crippen molar-refractivity contribution in [2.45, 2.75) is 91.6 Å². The van der Waals surface area contributed by atoms with Crippen molar-refractivity contribution in [3.8, 4) is 0 Å². The van der Waals surface area contributed by atoms with Crippen LogP contribution in [0.3, 0.4) is 0 Å². The van der Waals surface area contributed by atoms with Crippen LogP contribution in [0.4, 0.5) is 0 Å². The van der Waals surface area contributed by atoms with E-state index in [2.05, 4.69) is 44.8 Å². The molecule has 0 saturated carbocycles. The van der Waals surface area contributed by atoms with Crippen LogP contribution in [0.2, 0.25) is 0 Å². The lowest BCUT2D eigenvalue weighted by Crippen LogP contribution is -2.48. The molecule has 2 atom stereocenters. The number of hydrogen-bond acceptors (Lipinski definition) is 2. The fourth-order valence-electron chi connectivity index (χ4n) is 3.57. The van der Waals surface area contributed by atoms with Crippen molar-refractivity contribution in [1.29, 1.82) is 0 Å². The van der Waals surface area contributed by atoms with E-state index < -0.39 is 0 Å². The van der Waals surface area contributed by atoms with E-state index in [0.717, 1.165) is 23.9 Å². The Bertz CT molecular complexity index is 244. The number of nitrogens with one attached hydrogen (secondary N) is 1. The minimum atomic E-state index is 0.743. The summed E-state index contributed by atoms with van der Waals surface area (Å²) >= 11 is 0. The van der Waals surface area contributed by atoms with Gasteiger partial charge in [0.2, 0.25) is 0 Å². The lowest BCUT2D eigenvalue weighted by atomic mass is 9.99. The fraction of sp³-hybridized carbons (Fsp3) is 1.00. The summed E-state index contributed by atoms with van der Waals surface area (Å²) in [5.74, 6) is 1.67. The molecule has 1 N–H and O–H groups in total. The van der Waals surface area contributed by atoms with Crippen molar-refractivity contribution in [3.63, 3.8) is 0 Å². The molecule has 1 saturated heterocycles. The molecule has 2 nitrogen and oxygen atoms in total. The Kier molecular flexibility index (Phi) is 9.59. The van der Waals surface area contributed by atoms with Crippen molar-refractivity contribution in [3.05, 3.63) is 0 Å². The first-order valence-corrected chi connectivity index (χ1v) is 9.52. The first-order chi connectivity index (χ1) is 10.0. The highest BCUT2D eigenvalue weighted by Gasteiger charge is 2.27. The van der Waals surface area contributed by atoms with Gasteiger partial charge >= 0.3 is 0 Å². The molecule has 1 aliphatic rings. The monoisotopic (exact) mass is 296 g/mol. The summed E-state index contributed by atoms with van der Waals surface area (Å²) in [5.41, 5.74) is 0. The van der Waals surface area contributed by atoms with Gasteiger partial charge in [0, 0.05) is 12.1 Å². The summed E-state index contributed by atoms with van der Waals surface area (Å²) < 4.78 is 0. The summed E-state index contributed by atoms with van der Waals surface area (Å²) in [6, 6.07) is 1.50. The molecule has 0 aromatic carbocycles. The normalized spacial score (nSPS) is 20.9. The molecule has 0 aromatic heterocycles. The van der Waals surface area contributed by atoms with Gasteiger partial charge in [-0.2, -0.15) is 0 Å². The Labute approximate surface area is 134 Å². The molecule has 0 aromatic rings. The van der Waals surface area contributed by atoms with E-state index in [1.165, 1.54) is 64.6 Å². The summed E-state index contributed by atoms with van der Waals surface area (Å²) in [5, 5.41) is 3.74. The minimum absolute atomic E-state index is 0.743. The van der Waals surface area contributed by atoms with Crippen LogP contribution >= 0.6 is 0 Å². The van der Waals surface area contributed by atoms with Gasteiger partial charge in [-0.3, -0.25) is 4.90 Å². The molecule has 2 unspecified atom stereocenters. The fourth-order valence-corrected chi connectivity index (χ4v) is 3.57. The Hall–Kier alpha value is -0.0800. The smallest absolute Gasteiger partial charge is 0.0246 e. The Morgan fingerprint density at radius 1 is 1.00 bits per heavy atom. The largest absolute Gasteiger partial charge is 0.312 e. The lowest BCUT2D eigenvalue weighted by molar-refractivity contribution is 0.147. The molecule has 1 rings (SSSR count). The van der Waals surface area contributed by atoms with Gasteiger partial charge in [0.05, 0.1) is 0 Å². The molecule has 1 aliphatic heterocycles. The van der Waals surface area contributed by atoms with Gasteiger partial charge in [-0.05, 0) is 63.6 Å². The topological polar surface area (TPSA) is 15.3 Å². The van der Waals surface area contributed by atoms with Crippen LogP contribution in [0, 0.1) is 11.8 Å². The summed E-state index contributed by atoms with van der Waals surface area (Å²) in [6.45, 7) is 15.6. The molecule has 1 fully saturated rings. The second-order valence-electron chi connectivity index (χ2n) is 7.79. The van der Waals surface area contributed by atoms with Crippen LogP contribution in [0.15, 0.2) is 0 Å². The molecule has 126 valence electrons. The number of unbranched alkanes of at least 4 members (excludes halogenated alkanes) is 1.